The highest BCUT2D eigenvalue weighted by Crippen LogP contribution is 2.29. The van der Waals surface area contributed by atoms with E-state index < -0.39 is 36.9 Å². The molecular weight excluding hydrogens is 387 g/mol. The lowest BCUT2D eigenvalue weighted by atomic mass is 10.1. The van der Waals surface area contributed by atoms with Crippen LogP contribution in [0.3, 0.4) is 0 Å². The number of carbonyl (C=O) groups excluding carboxylic acids is 1. The first-order valence-electron chi connectivity index (χ1n) is 8.83. The predicted octanol–water partition coefficient (Wildman–Crippen LogP) is 3.33. The first-order chi connectivity index (χ1) is 13.3. The Morgan fingerprint density at radius 2 is 1.82 bits per heavy atom. The highest BCUT2D eigenvalue weighted by atomic mass is 32.2. The standard InChI is InChI=1S/C19H19FN2O5S/c20-16-6-4-5-14(11-16)13-28(26,27)18-8-7-15(12-17(18)22(24)25)19(23)21-9-2-1-3-10-21/h4-8,11-12H,1-3,9-10,13H2. The van der Waals surface area contributed by atoms with Crippen LogP contribution in [-0.2, 0) is 15.6 Å². The smallest absolute Gasteiger partial charge is 0.288 e. The molecule has 0 bridgehead atoms. The highest BCUT2D eigenvalue weighted by Gasteiger charge is 2.29. The molecule has 1 aliphatic heterocycles. The number of likely N-dealkylation sites (tertiary alicyclic amines) is 1. The summed E-state index contributed by atoms with van der Waals surface area (Å²) in [5, 5.41) is 11.5. The van der Waals surface area contributed by atoms with Crippen molar-refractivity contribution in [1.29, 1.82) is 0 Å². The van der Waals surface area contributed by atoms with Crippen molar-refractivity contribution in [1.82, 2.24) is 4.90 Å². The zero-order chi connectivity index (χ0) is 20.3. The minimum atomic E-state index is -4.11. The summed E-state index contributed by atoms with van der Waals surface area (Å²) in [6.07, 6.45) is 2.77. The van der Waals surface area contributed by atoms with Crippen LogP contribution in [0.5, 0.6) is 0 Å². The van der Waals surface area contributed by atoms with E-state index >= 15 is 0 Å². The first-order valence-corrected chi connectivity index (χ1v) is 10.5. The van der Waals surface area contributed by atoms with Gasteiger partial charge in [-0.05, 0) is 49.1 Å². The molecule has 1 aliphatic rings. The second-order valence-electron chi connectivity index (χ2n) is 6.68. The maximum absolute atomic E-state index is 13.3. The van der Waals surface area contributed by atoms with Crippen LogP contribution < -0.4 is 0 Å². The number of sulfone groups is 1. The Bertz CT molecular complexity index is 1020. The molecule has 0 saturated carbocycles. The second kappa shape index (κ2) is 8.05. The zero-order valence-electron chi connectivity index (χ0n) is 15.0. The molecule has 0 atom stereocenters. The van der Waals surface area contributed by atoms with E-state index in [9.17, 15) is 27.7 Å². The number of hydrogen-bond acceptors (Lipinski definition) is 5. The number of nitro benzene ring substituents is 1. The van der Waals surface area contributed by atoms with Crippen molar-refractivity contribution >= 4 is 21.4 Å². The molecule has 1 amide bonds. The van der Waals surface area contributed by atoms with Gasteiger partial charge in [0.15, 0.2) is 9.84 Å². The van der Waals surface area contributed by atoms with E-state index in [4.69, 9.17) is 0 Å². The Labute approximate surface area is 161 Å². The Hall–Kier alpha value is -2.81. The molecule has 2 aromatic rings. The number of carbonyl (C=O) groups is 1. The molecule has 1 heterocycles. The summed E-state index contributed by atoms with van der Waals surface area (Å²) in [7, 11) is -4.11. The molecule has 0 radical (unpaired) electrons. The lowest BCUT2D eigenvalue weighted by Gasteiger charge is -2.26. The Morgan fingerprint density at radius 1 is 1.11 bits per heavy atom. The monoisotopic (exact) mass is 406 g/mol. The maximum Gasteiger partial charge on any atom is 0.288 e. The highest BCUT2D eigenvalue weighted by molar-refractivity contribution is 7.90. The van der Waals surface area contributed by atoms with Gasteiger partial charge in [0.05, 0.1) is 10.7 Å². The van der Waals surface area contributed by atoms with Gasteiger partial charge in [-0.2, -0.15) is 0 Å². The fourth-order valence-corrected chi connectivity index (χ4v) is 4.76. The number of nitro groups is 1. The number of benzene rings is 2. The van der Waals surface area contributed by atoms with E-state index in [1.807, 2.05) is 0 Å². The number of piperidine rings is 1. The molecule has 0 spiro atoms. The molecule has 3 rings (SSSR count). The van der Waals surface area contributed by atoms with Crippen LogP contribution in [0.25, 0.3) is 0 Å². The van der Waals surface area contributed by atoms with Crippen LogP contribution in [0.15, 0.2) is 47.4 Å². The predicted molar refractivity (Wildman–Crippen MR) is 100 cm³/mol. The van der Waals surface area contributed by atoms with Gasteiger partial charge >= 0.3 is 0 Å². The summed E-state index contributed by atoms with van der Waals surface area (Å²) >= 11 is 0. The molecule has 9 heteroatoms. The Kier molecular flexibility index (Phi) is 5.73. The van der Waals surface area contributed by atoms with Gasteiger partial charge in [0.1, 0.15) is 10.7 Å². The number of rotatable bonds is 5. The van der Waals surface area contributed by atoms with E-state index in [-0.39, 0.29) is 17.0 Å². The third-order valence-electron chi connectivity index (χ3n) is 4.63. The van der Waals surface area contributed by atoms with E-state index in [0.29, 0.717) is 13.1 Å². The van der Waals surface area contributed by atoms with E-state index in [2.05, 4.69) is 0 Å². The summed E-state index contributed by atoms with van der Waals surface area (Å²) in [5.41, 5.74) is -0.389. The molecule has 0 unspecified atom stereocenters. The van der Waals surface area contributed by atoms with Gasteiger partial charge in [-0.1, -0.05) is 12.1 Å². The molecule has 1 fully saturated rings. The molecular formula is C19H19FN2O5S. The minimum absolute atomic E-state index is 0.0818. The Balaban J connectivity index is 1.94. The molecule has 0 aromatic heterocycles. The molecule has 1 saturated heterocycles. The first kappa shape index (κ1) is 19.9. The van der Waals surface area contributed by atoms with Crippen molar-refractivity contribution in [2.24, 2.45) is 0 Å². The SMILES string of the molecule is O=C(c1ccc(S(=O)(=O)Cc2cccc(F)c2)c([N+](=O)[O-])c1)N1CCCCC1. The number of hydrogen-bond donors (Lipinski definition) is 0. The second-order valence-corrected chi connectivity index (χ2v) is 8.64. The molecule has 7 nitrogen and oxygen atoms in total. The quantitative estimate of drug-likeness (QED) is 0.560. The zero-order valence-corrected chi connectivity index (χ0v) is 15.8. The third-order valence-corrected chi connectivity index (χ3v) is 6.36. The summed E-state index contributed by atoms with van der Waals surface area (Å²) in [6, 6.07) is 8.44. The number of nitrogens with zero attached hydrogens (tertiary/aromatic N) is 2. The lowest BCUT2D eigenvalue weighted by molar-refractivity contribution is -0.387. The lowest BCUT2D eigenvalue weighted by Crippen LogP contribution is -2.35. The molecule has 2 aromatic carbocycles. The number of amides is 1. The normalized spacial score (nSPS) is 14.7. The van der Waals surface area contributed by atoms with Crippen molar-refractivity contribution < 1.29 is 22.5 Å². The van der Waals surface area contributed by atoms with Gasteiger partial charge in [0.2, 0.25) is 0 Å². The van der Waals surface area contributed by atoms with Crippen molar-refractivity contribution in [2.75, 3.05) is 13.1 Å². The summed E-state index contributed by atoms with van der Waals surface area (Å²) < 4.78 is 38.7. The van der Waals surface area contributed by atoms with Crippen LogP contribution in [0.1, 0.15) is 35.2 Å². The van der Waals surface area contributed by atoms with Gasteiger partial charge in [-0.25, -0.2) is 12.8 Å². The maximum atomic E-state index is 13.3. The van der Waals surface area contributed by atoms with Crippen LogP contribution in [-0.4, -0.2) is 37.2 Å². The van der Waals surface area contributed by atoms with Gasteiger partial charge in [0, 0.05) is 24.7 Å². The molecule has 0 N–H and O–H groups in total. The Morgan fingerprint density at radius 3 is 2.46 bits per heavy atom. The summed E-state index contributed by atoms with van der Waals surface area (Å²) in [5.74, 6) is -1.52. The third kappa shape index (κ3) is 4.36. The minimum Gasteiger partial charge on any atom is -0.339 e. The van der Waals surface area contributed by atoms with E-state index in [1.54, 1.807) is 4.90 Å². The van der Waals surface area contributed by atoms with Crippen LogP contribution in [0.2, 0.25) is 0 Å². The van der Waals surface area contributed by atoms with Crippen molar-refractivity contribution in [3.63, 3.8) is 0 Å². The van der Waals surface area contributed by atoms with Crippen molar-refractivity contribution in [2.45, 2.75) is 29.9 Å². The molecule has 0 aliphatic carbocycles. The topological polar surface area (TPSA) is 97.6 Å². The van der Waals surface area contributed by atoms with E-state index in [1.165, 1.54) is 24.3 Å². The largest absolute Gasteiger partial charge is 0.339 e. The number of halogens is 1. The average Bonchev–Trinajstić information content (AvgIpc) is 2.67. The summed E-state index contributed by atoms with van der Waals surface area (Å²) in [4.78, 5) is 24.4. The van der Waals surface area contributed by atoms with Crippen LogP contribution in [0, 0.1) is 15.9 Å². The fourth-order valence-electron chi connectivity index (χ4n) is 3.26. The molecule has 28 heavy (non-hydrogen) atoms. The van der Waals surface area contributed by atoms with Gasteiger partial charge in [-0.3, -0.25) is 14.9 Å². The van der Waals surface area contributed by atoms with Gasteiger partial charge in [0.25, 0.3) is 11.6 Å². The van der Waals surface area contributed by atoms with Crippen LogP contribution >= 0.6 is 0 Å². The van der Waals surface area contributed by atoms with Gasteiger partial charge in [-0.15, -0.1) is 0 Å². The average molecular weight is 406 g/mol. The fraction of sp³-hybridized carbons (Fsp3) is 0.316. The van der Waals surface area contributed by atoms with E-state index in [0.717, 1.165) is 37.5 Å². The molecule has 148 valence electrons. The summed E-state index contributed by atoms with van der Waals surface area (Å²) in [6.45, 7) is 1.15. The van der Waals surface area contributed by atoms with Crippen molar-refractivity contribution in [3.05, 3.63) is 69.5 Å². The van der Waals surface area contributed by atoms with Gasteiger partial charge < -0.3 is 4.90 Å². The van der Waals surface area contributed by atoms with Crippen molar-refractivity contribution in [3.8, 4) is 0 Å². The van der Waals surface area contributed by atoms with Crippen LogP contribution in [0.4, 0.5) is 10.1 Å².